The highest BCUT2D eigenvalue weighted by Gasteiger charge is 2.31. The molecule has 0 fully saturated rings. The summed E-state index contributed by atoms with van der Waals surface area (Å²) in [6.45, 7) is 5.80. The predicted molar refractivity (Wildman–Crippen MR) is 65.6 cm³/mol. The maximum atomic E-state index is 12.7. The van der Waals surface area contributed by atoms with Gasteiger partial charge in [-0.2, -0.15) is 13.2 Å². The molecular formula is C14H14F3NO. The Labute approximate surface area is 109 Å². The van der Waals surface area contributed by atoms with E-state index in [1.165, 1.54) is 12.5 Å². The second kappa shape index (κ2) is 4.40. The summed E-state index contributed by atoms with van der Waals surface area (Å²) in [5.74, 6) is 0.388. The number of halogens is 3. The van der Waals surface area contributed by atoms with E-state index in [2.05, 4.69) is 4.98 Å². The van der Waals surface area contributed by atoms with Crippen LogP contribution in [0.5, 0.6) is 0 Å². The maximum Gasteiger partial charge on any atom is 0.416 e. The summed E-state index contributed by atoms with van der Waals surface area (Å²) in [6, 6.07) is 5.07. The molecule has 0 radical (unpaired) electrons. The highest BCUT2D eigenvalue weighted by atomic mass is 19.4. The molecule has 2 aromatic rings. The van der Waals surface area contributed by atoms with Gasteiger partial charge in [-0.25, -0.2) is 4.98 Å². The molecular weight excluding hydrogens is 255 g/mol. The van der Waals surface area contributed by atoms with Crippen LogP contribution in [0.1, 0.15) is 32.0 Å². The quantitative estimate of drug-likeness (QED) is 0.752. The zero-order valence-electron chi connectivity index (χ0n) is 10.9. The molecule has 0 aliphatic carbocycles. The Bertz CT molecular complexity index is 579. The smallest absolute Gasteiger partial charge is 0.416 e. The van der Waals surface area contributed by atoms with Crippen molar-refractivity contribution >= 4 is 0 Å². The molecule has 0 amide bonds. The van der Waals surface area contributed by atoms with Crippen molar-refractivity contribution in [2.45, 2.75) is 32.4 Å². The monoisotopic (exact) mass is 269 g/mol. The zero-order chi connectivity index (χ0) is 14.3. The zero-order valence-corrected chi connectivity index (χ0v) is 10.9. The van der Waals surface area contributed by atoms with Crippen LogP contribution in [-0.4, -0.2) is 4.98 Å². The average molecular weight is 269 g/mol. The van der Waals surface area contributed by atoms with Gasteiger partial charge in [-0.05, 0) is 12.1 Å². The molecule has 0 bridgehead atoms. The van der Waals surface area contributed by atoms with Crippen molar-refractivity contribution in [2.24, 2.45) is 0 Å². The van der Waals surface area contributed by atoms with Gasteiger partial charge < -0.3 is 4.42 Å². The lowest BCUT2D eigenvalue weighted by atomic mass is 9.89. The number of benzene rings is 1. The predicted octanol–water partition coefficient (Wildman–Crippen LogP) is 4.66. The van der Waals surface area contributed by atoms with Gasteiger partial charge in [0.15, 0.2) is 12.2 Å². The number of hydrogen-bond acceptors (Lipinski definition) is 2. The molecule has 0 atom stereocenters. The molecule has 1 aromatic carbocycles. The van der Waals surface area contributed by atoms with Crippen LogP contribution >= 0.6 is 0 Å². The first kappa shape index (κ1) is 13.6. The van der Waals surface area contributed by atoms with Crippen molar-refractivity contribution in [3.8, 4) is 11.3 Å². The van der Waals surface area contributed by atoms with Gasteiger partial charge in [0.25, 0.3) is 0 Å². The Morgan fingerprint density at radius 2 is 1.79 bits per heavy atom. The van der Waals surface area contributed by atoms with E-state index >= 15 is 0 Å². The van der Waals surface area contributed by atoms with Crippen molar-refractivity contribution in [3.05, 3.63) is 41.9 Å². The van der Waals surface area contributed by atoms with Gasteiger partial charge >= 0.3 is 6.18 Å². The van der Waals surface area contributed by atoms with Crippen LogP contribution in [0.25, 0.3) is 11.3 Å². The molecule has 5 heteroatoms. The summed E-state index contributed by atoms with van der Waals surface area (Å²) in [5.41, 5.74) is 0.0432. The minimum absolute atomic E-state index is 0.295. The molecule has 0 aliphatic rings. The van der Waals surface area contributed by atoms with Gasteiger partial charge in [0.1, 0.15) is 0 Å². The maximum absolute atomic E-state index is 12.7. The van der Waals surface area contributed by atoms with Crippen molar-refractivity contribution in [1.29, 1.82) is 0 Å². The Hall–Kier alpha value is -1.78. The lowest BCUT2D eigenvalue weighted by molar-refractivity contribution is -0.137. The van der Waals surface area contributed by atoms with E-state index in [0.29, 0.717) is 17.0 Å². The Morgan fingerprint density at radius 3 is 2.37 bits per heavy atom. The standard InChI is InChI=1S/C14H14F3NO/c1-13(2,3)12-11(19-8-18-12)9-5-4-6-10(7-9)14(15,16)17/h4-8H,1-3H3. The highest BCUT2D eigenvalue weighted by molar-refractivity contribution is 5.62. The molecule has 0 saturated heterocycles. The molecule has 0 spiro atoms. The number of hydrogen-bond donors (Lipinski definition) is 0. The molecule has 0 saturated carbocycles. The second-order valence-corrected chi connectivity index (χ2v) is 5.36. The highest BCUT2D eigenvalue weighted by Crippen LogP contribution is 2.35. The molecule has 102 valence electrons. The van der Waals surface area contributed by atoms with Gasteiger partial charge in [0.2, 0.25) is 0 Å². The third kappa shape index (κ3) is 2.80. The number of oxazole rings is 1. The molecule has 2 rings (SSSR count). The van der Waals surface area contributed by atoms with E-state index in [4.69, 9.17) is 4.42 Å². The van der Waals surface area contributed by atoms with E-state index in [0.717, 1.165) is 12.1 Å². The number of rotatable bonds is 1. The number of aromatic nitrogens is 1. The first-order chi connectivity index (χ1) is 8.69. The van der Waals surface area contributed by atoms with Crippen molar-refractivity contribution < 1.29 is 17.6 Å². The van der Waals surface area contributed by atoms with E-state index < -0.39 is 11.7 Å². The fourth-order valence-electron chi connectivity index (χ4n) is 1.82. The molecule has 19 heavy (non-hydrogen) atoms. The second-order valence-electron chi connectivity index (χ2n) is 5.36. The summed E-state index contributed by atoms with van der Waals surface area (Å²) in [6.07, 6.45) is -3.10. The van der Waals surface area contributed by atoms with Crippen LogP contribution in [0.15, 0.2) is 35.1 Å². The van der Waals surface area contributed by atoms with Crippen molar-refractivity contribution in [2.75, 3.05) is 0 Å². The number of alkyl halides is 3. The van der Waals surface area contributed by atoms with Gasteiger partial charge in [0, 0.05) is 11.0 Å². The van der Waals surface area contributed by atoms with Crippen molar-refractivity contribution in [1.82, 2.24) is 4.98 Å². The summed E-state index contributed by atoms with van der Waals surface area (Å²) in [5, 5.41) is 0. The minimum atomic E-state index is -4.36. The van der Waals surface area contributed by atoms with Gasteiger partial charge in [-0.15, -0.1) is 0 Å². The summed E-state index contributed by atoms with van der Waals surface area (Å²) in [4.78, 5) is 4.11. The topological polar surface area (TPSA) is 26.0 Å². The Kier molecular flexibility index (Phi) is 3.16. The van der Waals surface area contributed by atoms with E-state index in [-0.39, 0.29) is 5.41 Å². The van der Waals surface area contributed by atoms with Crippen LogP contribution in [0.2, 0.25) is 0 Å². The van der Waals surface area contributed by atoms with Gasteiger partial charge in [-0.1, -0.05) is 32.9 Å². The molecule has 0 unspecified atom stereocenters. The van der Waals surface area contributed by atoms with E-state index in [1.54, 1.807) is 6.07 Å². The summed E-state index contributed by atoms with van der Waals surface area (Å²) < 4.78 is 43.4. The third-order valence-corrected chi connectivity index (χ3v) is 2.73. The third-order valence-electron chi connectivity index (χ3n) is 2.73. The molecule has 0 aliphatic heterocycles. The number of nitrogens with zero attached hydrogens (tertiary/aromatic N) is 1. The molecule has 1 heterocycles. The molecule has 2 nitrogen and oxygen atoms in total. The van der Waals surface area contributed by atoms with Gasteiger partial charge in [0.05, 0.1) is 11.3 Å². The van der Waals surface area contributed by atoms with Crippen LogP contribution in [0.3, 0.4) is 0 Å². The van der Waals surface area contributed by atoms with E-state index in [9.17, 15) is 13.2 Å². The van der Waals surface area contributed by atoms with Crippen LogP contribution < -0.4 is 0 Å². The Balaban J connectivity index is 2.52. The molecule has 1 aromatic heterocycles. The first-order valence-corrected chi connectivity index (χ1v) is 5.81. The van der Waals surface area contributed by atoms with Crippen LogP contribution in [0.4, 0.5) is 13.2 Å². The largest absolute Gasteiger partial charge is 0.443 e. The van der Waals surface area contributed by atoms with Crippen LogP contribution in [0, 0.1) is 0 Å². The normalized spacial score (nSPS) is 12.7. The van der Waals surface area contributed by atoms with E-state index in [1.807, 2.05) is 20.8 Å². The Morgan fingerprint density at radius 1 is 1.11 bits per heavy atom. The molecule has 0 N–H and O–H groups in total. The first-order valence-electron chi connectivity index (χ1n) is 5.81. The minimum Gasteiger partial charge on any atom is -0.443 e. The lowest BCUT2D eigenvalue weighted by Gasteiger charge is -2.16. The SMILES string of the molecule is CC(C)(C)c1ncoc1-c1cccc(C(F)(F)F)c1. The van der Waals surface area contributed by atoms with Crippen molar-refractivity contribution in [3.63, 3.8) is 0 Å². The lowest BCUT2D eigenvalue weighted by Crippen LogP contribution is -2.13. The summed E-state index contributed by atoms with van der Waals surface area (Å²) in [7, 11) is 0. The van der Waals surface area contributed by atoms with Crippen LogP contribution in [-0.2, 0) is 11.6 Å². The fraction of sp³-hybridized carbons (Fsp3) is 0.357. The fourth-order valence-corrected chi connectivity index (χ4v) is 1.82. The van der Waals surface area contributed by atoms with Gasteiger partial charge in [-0.3, -0.25) is 0 Å². The average Bonchev–Trinajstić information content (AvgIpc) is 2.76. The summed E-state index contributed by atoms with van der Waals surface area (Å²) >= 11 is 0.